The third-order valence-corrected chi connectivity index (χ3v) is 5.23. The number of hydrogen-bond acceptors (Lipinski definition) is 2. The van der Waals surface area contributed by atoms with Crippen molar-refractivity contribution in [3.8, 4) is 0 Å². The van der Waals surface area contributed by atoms with Gasteiger partial charge in [0.05, 0.1) is 0 Å². The van der Waals surface area contributed by atoms with E-state index in [1.807, 2.05) is 11.3 Å². The van der Waals surface area contributed by atoms with Crippen molar-refractivity contribution in [2.24, 2.45) is 17.1 Å². The summed E-state index contributed by atoms with van der Waals surface area (Å²) in [6.07, 6.45) is 6.66. The van der Waals surface area contributed by atoms with Gasteiger partial charge >= 0.3 is 0 Å². The van der Waals surface area contributed by atoms with E-state index < -0.39 is 0 Å². The summed E-state index contributed by atoms with van der Waals surface area (Å²) in [7, 11) is 0. The Morgan fingerprint density at radius 1 is 1.29 bits per heavy atom. The van der Waals surface area contributed by atoms with E-state index in [1.54, 1.807) is 0 Å². The first-order valence-corrected chi connectivity index (χ1v) is 7.67. The molecule has 1 aromatic heterocycles. The van der Waals surface area contributed by atoms with Crippen molar-refractivity contribution in [1.29, 1.82) is 0 Å². The van der Waals surface area contributed by atoms with Gasteiger partial charge in [-0.2, -0.15) is 0 Å². The zero-order valence-corrected chi connectivity index (χ0v) is 12.1. The van der Waals surface area contributed by atoms with Crippen LogP contribution in [0.2, 0.25) is 0 Å². The van der Waals surface area contributed by atoms with Crippen LogP contribution in [0.15, 0.2) is 12.1 Å². The molecule has 1 aromatic rings. The predicted octanol–water partition coefficient (Wildman–Crippen LogP) is 4.66. The van der Waals surface area contributed by atoms with E-state index in [9.17, 15) is 0 Å². The molecule has 0 bridgehead atoms. The van der Waals surface area contributed by atoms with Gasteiger partial charge in [-0.05, 0) is 49.7 Å². The molecule has 1 nitrogen and oxygen atoms in total. The summed E-state index contributed by atoms with van der Waals surface area (Å²) in [6.45, 7) is 6.82. The minimum Gasteiger partial charge on any atom is -0.323 e. The fourth-order valence-electron chi connectivity index (χ4n) is 3.46. The SMILES string of the molecule is Cc1ccc(C(N)C2(CC(C)C)CCCC2)s1. The molecule has 1 fully saturated rings. The molecule has 0 aliphatic heterocycles. The zero-order valence-electron chi connectivity index (χ0n) is 11.3. The van der Waals surface area contributed by atoms with Gasteiger partial charge in [0.1, 0.15) is 0 Å². The molecule has 2 N–H and O–H groups in total. The molecule has 1 unspecified atom stereocenters. The standard InChI is InChI=1S/C15H25NS/c1-11(2)10-15(8-4-5-9-15)14(16)13-7-6-12(3)17-13/h6-7,11,14H,4-5,8-10,16H2,1-3H3. The van der Waals surface area contributed by atoms with E-state index in [0.29, 0.717) is 5.41 Å². The summed E-state index contributed by atoms with van der Waals surface area (Å²) in [6, 6.07) is 4.70. The molecular formula is C15H25NS. The Morgan fingerprint density at radius 2 is 1.94 bits per heavy atom. The quantitative estimate of drug-likeness (QED) is 0.827. The smallest absolute Gasteiger partial charge is 0.0447 e. The highest BCUT2D eigenvalue weighted by Crippen LogP contribution is 2.51. The molecule has 0 spiro atoms. The molecule has 17 heavy (non-hydrogen) atoms. The van der Waals surface area contributed by atoms with Gasteiger partial charge in [-0.1, -0.05) is 26.7 Å². The first kappa shape index (κ1) is 13.1. The molecule has 96 valence electrons. The number of hydrogen-bond donors (Lipinski definition) is 1. The van der Waals surface area contributed by atoms with Crippen LogP contribution in [0.5, 0.6) is 0 Å². The van der Waals surface area contributed by atoms with Crippen LogP contribution in [0.4, 0.5) is 0 Å². The summed E-state index contributed by atoms with van der Waals surface area (Å²) in [5.74, 6) is 0.750. The Morgan fingerprint density at radius 3 is 2.41 bits per heavy atom. The first-order chi connectivity index (χ1) is 8.03. The lowest BCUT2D eigenvalue weighted by Gasteiger charge is -2.36. The zero-order chi connectivity index (χ0) is 12.5. The summed E-state index contributed by atoms with van der Waals surface area (Å²) >= 11 is 1.88. The second-order valence-corrected chi connectivity index (χ2v) is 7.41. The number of nitrogens with two attached hydrogens (primary N) is 1. The second kappa shape index (κ2) is 5.11. The van der Waals surface area contributed by atoms with Gasteiger partial charge < -0.3 is 5.73 Å². The summed E-state index contributed by atoms with van der Waals surface area (Å²) in [4.78, 5) is 2.78. The van der Waals surface area contributed by atoms with Crippen molar-refractivity contribution in [3.63, 3.8) is 0 Å². The predicted molar refractivity (Wildman–Crippen MR) is 76.3 cm³/mol. The Labute approximate surface area is 109 Å². The van der Waals surface area contributed by atoms with Gasteiger partial charge in [-0.3, -0.25) is 0 Å². The normalized spacial score (nSPS) is 21.0. The van der Waals surface area contributed by atoms with Crippen LogP contribution in [0, 0.1) is 18.3 Å². The Kier molecular flexibility index (Phi) is 3.94. The topological polar surface area (TPSA) is 26.0 Å². The van der Waals surface area contributed by atoms with E-state index >= 15 is 0 Å². The minimum atomic E-state index is 0.256. The number of rotatable bonds is 4. The Hall–Kier alpha value is -0.340. The van der Waals surface area contributed by atoms with Crippen LogP contribution in [0.1, 0.15) is 61.7 Å². The largest absolute Gasteiger partial charge is 0.323 e. The van der Waals surface area contributed by atoms with Gasteiger partial charge in [0, 0.05) is 15.8 Å². The molecule has 0 saturated heterocycles. The Balaban J connectivity index is 2.21. The maximum absolute atomic E-state index is 6.61. The molecule has 1 heterocycles. The summed E-state index contributed by atoms with van der Waals surface area (Å²) in [5.41, 5.74) is 6.99. The summed E-state index contributed by atoms with van der Waals surface area (Å²) in [5, 5.41) is 0. The van der Waals surface area contributed by atoms with E-state index in [4.69, 9.17) is 5.73 Å². The van der Waals surface area contributed by atoms with Gasteiger partial charge in [0.15, 0.2) is 0 Å². The van der Waals surface area contributed by atoms with Crippen molar-refractivity contribution in [2.75, 3.05) is 0 Å². The third kappa shape index (κ3) is 2.74. The minimum absolute atomic E-state index is 0.256. The molecule has 1 saturated carbocycles. The monoisotopic (exact) mass is 251 g/mol. The molecular weight excluding hydrogens is 226 g/mol. The van der Waals surface area contributed by atoms with Crippen molar-refractivity contribution in [2.45, 2.75) is 58.9 Å². The van der Waals surface area contributed by atoms with E-state index in [1.165, 1.54) is 41.9 Å². The van der Waals surface area contributed by atoms with Gasteiger partial charge in [0.2, 0.25) is 0 Å². The average molecular weight is 251 g/mol. The number of aryl methyl sites for hydroxylation is 1. The number of thiophene rings is 1. The average Bonchev–Trinajstić information content (AvgIpc) is 2.86. The van der Waals surface area contributed by atoms with Crippen molar-refractivity contribution < 1.29 is 0 Å². The van der Waals surface area contributed by atoms with Crippen LogP contribution in [-0.4, -0.2) is 0 Å². The molecule has 1 aliphatic rings. The van der Waals surface area contributed by atoms with Gasteiger partial charge in [0.25, 0.3) is 0 Å². The fourth-order valence-corrected chi connectivity index (χ4v) is 4.48. The third-order valence-electron chi connectivity index (χ3n) is 4.14. The highest BCUT2D eigenvalue weighted by atomic mass is 32.1. The molecule has 2 rings (SSSR count). The van der Waals surface area contributed by atoms with E-state index in [2.05, 4.69) is 32.9 Å². The molecule has 0 amide bonds. The lowest BCUT2D eigenvalue weighted by Crippen LogP contribution is -2.33. The highest BCUT2D eigenvalue weighted by molar-refractivity contribution is 7.12. The van der Waals surface area contributed by atoms with Crippen molar-refractivity contribution in [3.05, 3.63) is 21.9 Å². The lowest BCUT2D eigenvalue weighted by atomic mass is 9.72. The van der Waals surface area contributed by atoms with Gasteiger partial charge in [-0.15, -0.1) is 11.3 Å². The van der Waals surface area contributed by atoms with Crippen molar-refractivity contribution in [1.82, 2.24) is 0 Å². The maximum atomic E-state index is 6.61. The second-order valence-electron chi connectivity index (χ2n) is 6.09. The van der Waals surface area contributed by atoms with Crippen LogP contribution < -0.4 is 5.73 Å². The van der Waals surface area contributed by atoms with E-state index in [0.717, 1.165) is 5.92 Å². The highest BCUT2D eigenvalue weighted by Gasteiger charge is 2.40. The van der Waals surface area contributed by atoms with Gasteiger partial charge in [-0.25, -0.2) is 0 Å². The van der Waals surface area contributed by atoms with Crippen LogP contribution in [0.3, 0.4) is 0 Å². The van der Waals surface area contributed by atoms with Crippen LogP contribution >= 0.6 is 11.3 Å². The maximum Gasteiger partial charge on any atom is 0.0447 e. The van der Waals surface area contributed by atoms with Crippen LogP contribution in [-0.2, 0) is 0 Å². The molecule has 2 heteroatoms. The first-order valence-electron chi connectivity index (χ1n) is 6.85. The Bertz CT molecular complexity index is 361. The van der Waals surface area contributed by atoms with Crippen molar-refractivity contribution >= 4 is 11.3 Å². The molecule has 1 aliphatic carbocycles. The van der Waals surface area contributed by atoms with E-state index in [-0.39, 0.29) is 6.04 Å². The molecule has 0 radical (unpaired) electrons. The lowest BCUT2D eigenvalue weighted by molar-refractivity contribution is 0.185. The van der Waals surface area contributed by atoms with Crippen LogP contribution in [0.25, 0.3) is 0 Å². The molecule has 1 atom stereocenters. The molecule has 0 aromatic carbocycles. The summed E-state index contributed by atoms with van der Waals surface area (Å²) < 4.78 is 0. The fraction of sp³-hybridized carbons (Fsp3) is 0.733.